The second-order valence-corrected chi connectivity index (χ2v) is 2.79. The number of rotatable bonds is 5. The third-order valence-corrected chi connectivity index (χ3v) is 1.60. The zero-order valence-corrected chi connectivity index (χ0v) is 7.02. The number of amides is 1. The maximum Gasteiger partial charge on any atom is 0.243 e. The highest BCUT2D eigenvalue weighted by Gasteiger charge is 1.92. The lowest BCUT2D eigenvalue weighted by Crippen LogP contribution is -2.22. The van der Waals surface area contributed by atoms with Gasteiger partial charge >= 0.3 is 0 Å². The van der Waals surface area contributed by atoms with Crippen LogP contribution in [0, 0.1) is 0 Å². The molecule has 0 aromatic carbocycles. The molecule has 0 spiro atoms. The largest absolute Gasteiger partial charge is 0.421 e. The number of carbonyl (C=O) groups excluding carboxylic acids is 1. The molecule has 0 aliphatic carbocycles. The van der Waals surface area contributed by atoms with Crippen molar-refractivity contribution in [3.8, 4) is 0 Å². The molecule has 3 nitrogen and oxygen atoms in total. The van der Waals surface area contributed by atoms with Crippen LogP contribution >= 0.6 is 0 Å². The highest BCUT2D eigenvalue weighted by atomic mass is 28.2. The Morgan fingerprint density at radius 1 is 1.90 bits per heavy atom. The van der Waals surface area contributed by atoms with Crippen molar-refractivity contribution in [2.75, 3.05) is 13.7 Å². The van der Waals surface area contributed by atoms with Crippen LogP contribution in [0.4, 0.5) is 0 Å². The fourth-order valence-electron chi connectivity index (χ4n) is 0.411. The lowest BCUT2D eigenvalue weighted by Gasteiger charge is -1.98. The van der Waals surface area contributed by atoms with Gasteiger partial charge in [-0.1, -0.05) is 6.58 Å². The van der Waals surface area contributed by atoms with Crippen molar-refractivity contribution in [2.24, 2.45) is 0 Å². The van der Waals surface area contributed by atoms with E-state index in [-0.39, 0.29) is 5.91 Å². The Hall–Kier alpha value is -0.613. The minimum atomic E-state index is -0.124. The maximum absolute atomic E-state index is 10.5. The van der Waals surface area contributed by atoms with Gasteiger partial charge in [0.05, 0.1) is 0 Å². The van der Waals surface area contributed by atoms with E-state index in [9.17, 15) is 4.79 Å². The Kier molecular flexibility index (Phi) is 6.11. The van der Waals surface area contributed by atoms with E-state index in [1.807, 2.05) is 0 Å². The first-order valence-electron chi connectivity index (χ1n) is 2.97. The van der Waals surface area contributed by atoms with Crippen LogP contribution in [0.2, 0.25) is 6.04 Å². The second-order valence-electron chi connectivity index (χ2n) is 1.59. The Morgan fingerprint density at radius 3 is 3.10 bits per heavy atom. The van der Waals surface area contributed by atoms with Gasteiger partial charge in [0.1, 0.15) is 0 Å². The van der Waals surface area contributed by atoms with E-state index in [0.29, 0.717) is 16.3 Å². The van der Waals surface area contributed by atoms with Crippen LogP contribution in [0.1, 0.15) is 0 Å². The molecule has 10 heavy (non-hydrogen) atoms. The first kappa shape index (κ1) is 9.39. The van der Waals surface area contributed by atoms with Gasteiger partial charge in [-0.05, 0) is 12.1 Å². The molecule has 0 fully saturated rings. The van der Waals surface area contributed by atoms with E-state index in [1.165, 1.54) is 6.08 Å². The van der Waals surface area contributed by atoms with Crippen molar-refractivity contribution in [3.63, 3.8) is 0 Å². The van der Waals surface area contributed by atoms with Crippen LogP contribution in [-0.2, 0) is 9.22 Å². The summed E-state index contributed by atoms with van der Waals surface area (Å²) in [4.78, 5) is 10.5. The van der Waals surface area contributed by atoms with Crippen LogP contribution < -0.4 is 5.32 Å². The SMILES string of the molecule is C=CC(=O)NCC[Si]OC. The van der Waals surface area contributed by atoms with Gasteiger partial charge in [-0.15, -0.1) is 0 Å². The summed E-state index contributed by atoms with van der Waals surface area (Å²) in [5, 5.41) is 2.64. The zero-order chi connectivity index (χ0) is 7.82. The molecule has 0 saturated heterocycles. The molecule has 0 saturated carbocycles. The zero-order valence-electron chi connectivity index (χ0n) is 6.02. The molecule has 0 bridgehead atoms. The van der Waals surface area contributed by atoms with E-state index in [1.54, 1.807) is 7.11 Å². The van der Waals surface area contributed by atoms with Gasteiger partial charge in [0, 0.05) is 13.7 Å². The van der Waals surface area contributed by atoms with Gasteiger partial charge in [-0.25, -0.2) is 0 Å². The summed E-state index contributed by atoms with van der Waals surface area (Å²) in [5.41, 5.74) is 0. The molecular weight excluding hydrogens is 146 g/mol. The second kappa shape index (κ2) is 6.51. The molecule has 2 radical (unpaired) electrons. The van der Waals surface area contributed by atoms with Gasteiger partial charge in [0.2, 0.25) is 15.7 Å². The first-order chi connectivity index (χ1) is 4.81. The van der Waals surface area contributed by atoms with E-state index >= 15 is 0 Å². The van der Waals surface area contributed by atoms with Crippen LogP contribution in [0.5, 0.6) is 0 Å². The molecule has 0 aromatic rings. The standard InChI is InChI=1S/C6H11NO2Si/c1-3-6(8)7-4-5-10-9-2/h3H,1,4-5H2,2H3,(H,7,8). The Balaban J connectivity index is 3.03. The number of hydrogen-bond donors (Lipinski definition) is 1. The van der Waals surface area contributed by atoms with Crippen LogP contribution in [-0.4, -0.2) is 29.3 Å². The fraction of sp³-hybridized carbons (Fsp3) is 0.500. The Morgan fingerprint density at radius 2 is 2.60 bits per heavy atom. The molecular formula is C6H11NO2Si. The molecule has 0 aliphatic heterocycles. The first-order valence-corrected chi connectivity index (χ1v) is 4.09. The summed E-state index contributed by atoms with van der Waals surface area (Å²) in [6, 6.07) is 0.871. The minimum Gasteiger partial charge on any atom is -0.421 e. The molecule has 4 heteroatoms. The molecule has 0 unspecified atom stereocenters. The van der Waals surface area contributed by atoms with Crippen LogP contribution in [0.25, 0.3) is 0 Å². The predicted molar refractivity (Wildman–Crippen MR) is 40.8 cm³/mol. The van der Waals surface area contributed by atoms with Crippen molar-refractivity contribution < 1.29 is 9.22 Å². The van der Waals surface area contributed by atoms with Crippen LogP contribution in [0.15, 0.2) is 12.7 Å². The van der Waals surface area contributed by atoms with Crippen molar-refractivity contribution in [3.05, 3.63) is 12.7 Å². The summed E-state index contributed by atoms with van der Waals surface area (Å²) in [7, 11) is 2.11. The minimum absolute atomic E-state index is 0.124. The molecule has 0 aromatic heterocycles. The molecule has 1 N–H and O–H groups in total. The fourth-order valence-corrected chi connectivity index (χ4v) is 0.842. The average molecular weight is 157 g/mol. The number of hydrogen-bond acceptors (Lipinski definition) is 2. The van der Waals surface area contributed by atoms with Gasteiger partial charge in [0.15, 0.2) is 0 Å². The molecule has 0 aliphatic rings. The predicted octanol–water partition coefficient (Wildman–Crippen LogP) is -0.0275. The molecule has 0 rings (SSSR count). The maximum atomic E-state index is 10.5. The smallest absolute Gasteiger partial charge is 0.243 e. The van der Waals surface area contributed by atoms with Gasteiger partial charge in [-0.2, -0.15) is 0 Å². The van der Waals surface area contributed by atoms with Crippen LogP contribution in [0.3, 0.4) is 0 Å². The Bertz CT molecular complexity index is 116. The summed E-state index contributed by atoms with van der Waals surface area (Å²) in [5.74, 6) is -0.124. The van der Waals surface area contributed by atoms with Crippen molar-refractivity contribution in [1.29, 1.82) is 0 Å². The Labute approximate surface area is 63.4 Å². The van der Waals surface area contributed by atoms with E-state index < -0.39 is 0 Å². The molecule has 0 heterocycles. The van der Waals surface area contributed by atoms with Gasteiger partial charge < -0.3 is 9.74 Å². The highest BCUT2D eigenvalue weighted by Crippen LogP contribution is 1.75. The molecule has 0 atom stereocenters. The van der Waals surface area contributed by atoms with Gasteiger partial charge in [0.25, 0.3) is 0 Å². The lowest BCUT2D eigenvalue weighted by atomic mass is 10.6. The molecule has 56 valence electrons. The van der Waals surface area contributed by atoms with Gasteiger partial charge in [-0.3, -0.25) is 4.79 Å². The number of carbonyl (C=O) groups is 1. The third kappa shape index (κ3) is 5.52. The lowest BCUT2D eigenvalue weighted by molar-refractivity contribution is -0.116. The average Bonchev–Trinajstić information content (AvgIpc) is 1.98. The molecule has 1 amide bonds. The van der Waals surface area contributed by atoms with E-state index in [4.69, 9.17) is 4.43 Å². The summed E-state index contributed by atoms with van der Waals surface area (Å²) in [6.07, 6.45) is 1.26. The van der Waals surface area contributed by atoms with E-state index in [0.717, 1.165) is 6.04 Å². The highest BCUT2D eigenvalue weighted by molar-refractivity contribution is 6.27. The summed E-state index contributed by atoms with van der Waals surface area (Å²) < 4.78 is 4.81. The summed E-state index contributed by atoms with van der Waals surface area (Å²) in [6.45, 7) is 3.98. The quantitative estimate of drug-likeness (QED) is 0.346. The monoisotopic (exact) mass is 157 g/mol. The van der Waals surface area contributed by atoms with Crippen molar-refractivity contribution in [2.45, 2.75) is 6.04 Å². The van der Waals surface area contributed by atoms with Crippen molar-refractivity contribution >= 4 is 15.7 Å². The van der Waals surface area contributed by atoms with Crippen molar-refractivity contribution in [1.82, 2.24) is 5.32 Å². The number of nitrogens with one attached hydrogen (secondary N) is 1. The normalized spacial score (nSPS) is 8.90. The summed E-state index contributed by atoms with van der Waals surface area (Å²) >= 11 is 0. The van der Waals surface area contributed by atoms with E-state index in [2.05, 4.69) is 11.9 Å². The topological polar surface area (TPSA) is 38.3 Å². The third-order valence-electron chi connectivity index (χ3n) is 0.856.